The Balaban J connectivity index is 2.45. The Morgan fingerprint density at radius 2 is 1.76 bits per heavy atom. The first-order chi connectivity index (χ1) is 9.97. The number of rotatable bonds is 6. The number of carbonyl (C=O) groups is 2. The topological polar surface area (TPSA) is 97.7 Å². The maximum Gasteiger partial charge on any atom is 0.303 e. The van der Waals surface area contributed by atoms with Crippen molar-refractivity contribution < 1.29 is 19.4 Å². The van der Waals surface area contributed by atoms with Crippen molar-refractivity contribution in [3.63, 3.8) is 0 Å². The Labute approximate surface area is 119 Å². The first-order valence-corrected chi connectivity index (χ1v) is 6.19. The number of ketones is 1. The van der Waals surface area contributed by atoms with E-state index in [1.807, 2.05) is 0 Å². The van der Waals surface area contributed by atoms with Crippen LogP contribution in [0.4, 0.5) is 0 Å². The van der Waals surface area contributed by atoms with Crippen LogP contribution in [-0.2, 0) is 4.79 Å². The fourth-order valence-electron chi connectivity index (χ4n) is 2.11. The number of carboxylic acid groups (broad SMARTS) is 1. The molecule has 0 bridgehead atoms. The number of hydrogen-bond donors (Lipinski definition) is 1. The summed E-state index contributed by atoms with van der Waals surface area (Å²) in [4.78, 5) is 45.7. The molecule has 1 N–H and O–H groups in total. The van der Waals surface area contributed by atoms with Gasteiger partial charge in [-0.3, -0.25) is 19.2 Å². The second-order valence-electron chi connectivity index (χ2n) is 4.43. The molecule has 0 saturated carbocycles. The third-order valence-corrected chi connectivity index (χ3v) is 3.13. The van der Waals surface area contributed by atoms with Gasteiger partial charge in [-0.05, 0) is 0 Å². The van der Waals surface area contributed by atoms with E-state index < -0.39 is 22.6 Å². The van der Waals surface area contributed by atoms with Gasteiger partial charge in [0.1, 0.15) is 0 Å². The van der Waals surface area contributed by atoms with Crippen molar-refractivity contribution in [1.82, 2.24) is 0 Å². The van der Waals surface area contributed by atoms with Crippen LogP contribution in [0.5, 0.6) is 5.75 Å². The van der Waals surface area contributed by atoms with Gasteiger partial charge in [-0.15, -0.1) is 0 Å². The summed E-state index contributed by atoms with van der Waals surface area (Å²) in [6, 6.07) is 6.26. The van der Waals surface area contributed by atoms with Gasteiger partial charge in [0.15, 0.2) is 11.5 Å². The Kier molecular flexibility index (Phi) is 3.98. The molecule has 0 aliphatic rings. The molecule has 2 aromatic carbocycles. The zero-order valence-corrected chi connectivity index (χ0v) is 11.2. The molecule has 0 amide bonds. The molecule has 21 heavy (non-hydrogen) atoms. The van der Waals surface area contributed by atoms with Crippen molar-refractivity contribution in [2.75, 3.05) is 7.11 Å². The minimum absolute atomic E-state index is 0.0708. The van der Waals surface area contributed by atoms with Crippen molar-refractivity contribution in [3.05, 3.63) is 50.3 Å². The average molecular weight is 288 g/mol. The molecular formula is C15H12O6. The average Bonchev–Trinajstić information content (AvgIpc) is 2.49. The summed E-state index contributed by atoms with van der Waals surface area (Å²) >= 11 is 0. The largest absolute Gasteiger partial charge is 0.492 e. The molecular weight excluding hydrogens is 276 g/mol. The third kappa shape index (κ3) is 2.60. The minimum Gasteiger partial charge on any atom is -0.492 e. The smallest absolute Gasteiger partial charge is 0.303 e. The zero-order valence-electron chi connectivity index (χ0n) is 11.2. The summed E-state index contributed by atoms with van der Waals surface area (Å²) in [7, 11) is 1.27. The van der Waals surface area contributed by atoms with E-state index >= 15 is 0 Å². The second kappa shape index (κ2) is 5.70. The predicted molar refractivity (Wildman–Crippen MR) is 74.5 cm³/mol. The van der Waals surface area contributed by atoms with Gasteiger partial charge in [0.25, 0.3) is 5.43 Å². The molecule has 2 rings (SSSR count). The van der Waals surface area contributed by atoms with E-state index in [1.165, 1.54) is 19.2 Å². The van der Waals surface area contributed by atoms with Gasteiger partial charge < -0.3 is 9.84 Å². The van der Waals surface area contributed by atoms with Crippen molar-refractivity contribution in [3.8, 4) is 16.9 Å². The predicted octanol–water partition coefficient (Wildman–Crippen LogP) is 1.01. The van der Waals surface area contributed by atoms with Crippen LogP contribution in [0.1, 0.15) is 23.2 Å². The highest BCUT2D eigenvalue weighted by atomic mass is 16.5. The van der Waals surface area contributed by atoms with Crippen LogP contribution in [0.15, 0.2) is 33.9 Å². The lowest BCUT2D eigenvalue weighted by Crippen LogP contribution is -2.34. The Morgan fingerprint density at radius 1 is 1.10 bits per heavy atom. The fraction of sp³-hybridized carbons (Fsp3) is 0.200. The second-order valence-corrected chi connectivity index (χ2v) is 4.43. The summed E-state index contributed by atoms with van der Waals surface area (Å²) in [5, 5.41) is 8.62. The van der Waals surface area contributed by atoms with Crippen molar-refractivity contribution in [2.24, 2.45) is 0 Å². The van der Waals surface area contributed by atoms with Gasteiger partial charge in [-0.25, -0.2) is 0 Å². The molecule has 0 aliphatic heterocycles. The van der Waals surface area contributed by atoms with E-state index in [0.29, 0.717) is 5.56 Å². The molecule has 0 fully saturated rings. The van der Waals surface area contributed by atoms with Gasteiger partial charge in [0.05, 0.1) is 19.1 Å². The van der Waals surface area contributed by atoms with Gasteiger partial charge in [0.2, 0.25) is 5.43 Å². The normalized spacial score (nSPS) is 10.5. The molecule has 0 unspecified atom stereocenters. The number of aliphatic carboxylic acids is 1. The van der Waals surface area contributed by atoms with Gasteiger partial charge >= 0.3 is 5.97 Å². The maximum atomic E-state index is 12.1. The van der Waals surface area contributed by atoms with E-state index in [0.717, 1.165) is 0 Å². The molecule has 0 aliphatic carbocycles. The number of carboxylic acids is 1. The monoisotopic (exact) mass is 288 g/mol. The van der Waals surface area contributed by atoms with Crippen LogP contribution in [0.3, 0.4) is 0 Å². The van der Waals surface area contributed by atoms with E-state index in [-0.39, 0.29) is 29.7 Å². The lowest BCUT2D eigenvalue weighted by Gasteiger charge is -2.12. The molecule has 0 atom stereocenters. The SMILES string of the molecule is COc1c(-c2ccccc2C(=O)CCC(=O)O)c(=O)c1=O. The van der Waals surface area contributed by atoms with Crippen molar-refractivity contribution in [1.29, 1.82) is 0 Å². The molecule has 2 aromatic rings. The lowest BCUT2D eigenvalue weighted by molar-refractivity contribution is -0.136. The van der Waals surface area contributed by atoms with Crippen LogP contribution >= 0.6 is 0 Å². The van der Waals surface area contributed by atoms with Crippen molar-refractivity contribution >= 4 is 11.8 Å². The fourth-order valence-corrected chi connectivity index (χ4v) is 2.11. The number of hydrogen-bond acceptors (Lipinski definition) is 5. The van der Waals surface area contributed by atoms with E-state index in [1.54, 1.807) is 12.1 Å². The van der Waals surface area contributed by atoms with E-state index in [4.69, 9.17) is 9.84 Å². The summed E-state index contributed by atoms with van der Waals surface area (Å²) in [6.45, 7) is 0. The number of Topliss-reactive ketones (excluding diaryl/α,β-unsaturated/α-hetero) is 1. The zero-order chi connectivity index (χ0) is 15.6. The Hall–Kier alpha value is -2.76. The lowest BCUT2D eigenvalue weighted by atomic mass is 9.92. The first kappa shape index (κ1) is 14.6. The summed E-state index contributed by atoms with van der Waals surface area (Å²) in [5.41, 5.74) is -0.842. The van der Waals surface area contributed by atoms with Crippen LogP contribution in [0, 0.1) is 0 Å². The number of methoxy groups -OCH3 is 1. The number of ether oxygens (including phenoxy) is 1. The third-order valence-electron chi connectivity index (χ3n) is 3.13. The van der Waals surface area contributed by atoms with Crippen LogP contribution < -0.4 is 15.6 Å². The highest BCUT2D eigenvalue weighted by molar-refractivity contribution is 6.04. The molecule has 0 radical (unpaired) electrons. The molecule has 0 aromatic heterocycles. The van der Waals surface area contributed by atoms with Crippen LogP contribution in [-0.4, -0.2) is 24.0 Å². The molecule has 0 spiro atoms. The molecule has 6 nitrogen and oxygen atoms in total. The highest BCUT2D eigenvalue weighted by Crippen LogP contribution is 2.29. The number of benzene rings is 1. The van der Waals surface area contributed by atoms with Gasteiger partial charge in [-0.2, -0.15) is 0 Å². The quantitative estimate of drug-likeness (QED) is 0.629. The highest BCUT2D eigenvalue weighted by Gasteiger charge is 2.26. The van der Waals surface area contributed by atoms with Gasteiger partial charge in [0, 0.05) is 17.5 Å². The first-order valence-electron chi connectivity index (χ1n) is 6.19. The van der Waals surface area contributed by atoms with Gasteiger partial charge in [-0.1, -0.05) is 24.3 Å². The van der Waals surface area contributed by atoms with Crippen molar-refractivity contribution in [2.45, 2.75) is 12.8 Å². The maximum absolute atomic E-state index is 12.1. The van der Waals surface area contributed by atoms with Crippen LogP contribution in [0.25, 0.3) is 11.1 Å². The minimum atomic E-state index is -1.08. The molecule has 0 saturated heterocycles. The number of carbonyl (C=O) groups excluding carboxylic acids is 1. The molecule has 0 heterocycles. The summed E-state index contributed by atoms with van der Waals surface area (Å²) in [5.74, 6) is -1.55. The Morgan fingerprint density at radius 3 is 2.38 bits per heavy atom. The van der Waals surface area contributed by atoms with E-state index in [2.05, 4.69) is 0 Å². The Bertz CT molecular complexity index is 780. The standard InChI is InChI=1S/C15H12O6/c1-21-15-12(13(19)14(15)20)9-5-3-2-4-8(9)10(16)6-7-11(17)18/h2-5H,6-7H2,1H3,(H,17,18). The summed E-state index contributed by atoms with van der Waals surface area (Å²) < 4.78 is 4.87. The summed E-state index contributed by atoms with van der Waals surface area (Å²) in [6.07, 6.45) is -0.472. The van der Waals surface area contributed by atoms with E-state index in [9.17, 15) is 19.2 Å². The molecule has 6 heteroatoms. The van der Waals surface area contributed by atoms with Crippen LogP contribution in [0.2, 0.25) is 0 Å². The molecule has 108 valence electrons.